The van der Waals surface area contributed by atoms with Crippen LogP contribution in [0.2, 0.25) is 0 Å². The lowest BCUT2D eigenvalue weighted by Crippen LogP contribution is -2.07. The van der Waals surface area contributed by atoms with Gasteiger partial charge in [0.25, 0.3) is 0 Å². The molecule has 0 amide bonds. The topological polar surface area (TPSA) is 55.6 Å². The quantitative estimate of drug-likeness (QED) is 0.898. The molecule has 96 valence electrons. The fourth-order valence-electron chi connectivity index (χ4n) is 1.69. The maximum Gasteiger partial charge on any atom is 0.182 e. The van der Waals surface area contributed by atoms with E-state index in [0.29, 0.717) is 5.82 Å². The summed E-state index contributed by atoms with van der Waals surface area (Å²) in [4.78, 5) is 9.05. The molecule has 5 heteroatoms. The van der Waals surface area contributed by atoms with Gasteiger partial charge < -0.3 is 5.32 Å². The first-order valence-electron chi connectivity index (χ1n) is 6.21. The van der Waals surface area contributed by atoms with Crippen molar-refractivity contribution in [1.82, 2.24) is 19.7 Å². The molecule has 1 N–H and O–H groups in total. The van der Waals surface area contributed by atoms with Gasteiger partial charge in [0.05, 0.1) is 0 Å². The molecule has 0 aliphatic heterocycles. The van der Waals surface area contributed by atoms with Crippen molar-refractivity contribution in [1.29, 1.82) is 0 Å². The molecule has 2 heterocycles. The van der Waals surface area contributed by atoms with Crippen molar-refractivity contribution < 1.29 is 0 Å². The number of hydrogen-bond acceptors (Lipinski definition) is 4. The van der Waals surface area contributed by atoms with Crippen LogP contribution in [-0.4, -0.2) is 26.3 Å². The van der Waals surface area contributed by atoms with Gasteiger partial charge >= 0.3 is 0 Å². The highest BCUT2D eigenvalue weighted by atomic mass is 15.3. The molecule has 18 heavy (non-hydrogen) atoms. The number of hydrogen-bond donors (Lipinski definition) is 1. The summed E-state index contributed by atoms with van der Waals surface area (Å²) in [7, 11) is 1.89. The Kier molecular flexibility index (Phi) is 3.60. The van der Waals surface area contributed by atoms with Crippen molar-refractivity contribution in [3.8, 4) is 11.5 Å². The highest BCUT2D eigenvalue weighted by molar-refractivity contribution is 5.55. The van der Waals surface area contributed by atoms with Crippen LogP contribution >= 0.6 is 0 Å². The van der Waals surface area contributed by atoms with Gasteiger partial charge in [-0.25, -0.2) is 9.97 Å². The molecule has 0 saturated heterocycles. The minimum atomic E-state index is 0.678. The van der Waals surface area contributed by atoms with Gasteiger partial charge in [0.1, 0.15) is 11.5 Å². The van der Waals surface area contributed by atoms with Crippen molar-refractivity contribution in [2.45, 2.75) is 27.2 Å². The SMILES string of the molecule is CCCNc1nc(-c2ccn(C)n2)nc(C)c1C. The van der Waals surface area contributed by atoms with E-state index < -0.39 is 0 Å². The fourth-order valence-corrected chi connectivity index (χ4v) is 1.69. The van der Waals surface area contributed by atoms with Crippen molar-refractivity contribution in [3.63, 3.8) is 0 Å². The second-order valence-electron chi connectivity index (χ2n) is 4.41. The molecule has 0 radical (unpaired) electrons. The van der Waals surface area contributed by atoms with Gasteiger partial charge in [0.15, 0.2) is 5.82 Å². The Morgan fingerprint density at radius 1 is 1.28 bits per heavy atom. The molecule has 2 rings (SSSR count). The van der Waals surface area contributed by atoms with E-state index in [0.717, 1.165) is 35.7 Å². The summed E-state index contributed by atoms with van der Waals surface area (Å²) in [6.45, 7) is 7.09. The van der Waals surface area contributed by atoms with Crippen LogP contribution in [0.3, 0.4) is 0 Å². The van der Waals surface area contributed by atoms with E-state index in [1.165, 1.54) is 0 Å². The number of rotatable bonds is 4. The van der Waals surface area contributed by atoms with E-state index in [1.54, 1.807) is 4.68 Å². The Morgan fingerprint density at radius 3 is 2.67 bits per heavy atom. The number of aromatic nitrogens is 4. The van der Waals surface area contributed by atoms with E-state index in [-0.39, 0.29) is 0 Å². The minimum absolute atomic E-state index is 0.678. The Hall–Kier alpha value is -1.91. The van der Waals surface area contributed by atoms with Gasteiger partial charge in [-0.15, -0.1) is 0 Å². The predicted molar refractivity (Wildman–Crippen MR) is 72.5 cm³/mol. The van der Waals surface area contributed by atoms with Crippen LogP contribution in [-0.2, 0) is 7.05 Å². The largest absolute Gasteiger partial charge is 0.370 e. The number of nitrogens with zero attached hydrogens (tertiary/aromatic N) is 4. The third-order valence-electron chi connectivity index (χ3n) is 2.87. The van der Waals surface area contributed by atoms with Crippen LogP contribution < -0.4 is 5.32 Å². The molecule has 0 fully saturated rings. The third-order valence-corrected chi connectivity index (χ3v) is 2.87. The van der Waals surface area contributed by atoms with Gasteiger partial charge in [-0.05, 0) is 26.3 Å². The van der Waals surface area contributed by atoms with Gasteiger partial charge in [-0.3, -0.25) is 4.68 Å². The molecule has 0 spiro atoms. The standard InChI is InChI=1S/C13H19N5/c1-5-7-14-12-9(2)10(3)15-13(16-12)11-6-8-18(4)17-11/h6,8H,5,7H2,1-4H3,(H,14,15,16). The Morgan fingerprint density at radius 2 is 2.06 bits per heavy atom. The first kappa shape index (κ1) is 12.5. The molecule has 5 nitrogen and oxygen atoms in total. The van der Waals surface area contributed by atoms with E-state index in [1.807, 2.05) is 33.2 Å². The second kappa shape index (κ2) is 5.16. The van der Waals surface area contributed by atoms with E-state index >= 15 is 0 Å². The maximum absolute atomic E-state index is 4.56. The molecule has 0 saturated carbocycles. The molecule has 0 bridgehead atoms. The number of aryl methyl sites for hydroxylation is 2. The first-order chi connectivity index (χ1) is 8.61. The molecule has 0 unspecified atom stereocenters. The van der Waals surface area contributed by atoms with E-state index in [9.17, 15) is 0 Å². The monoisotopic (exact) mass is 245 g/mol. The molecule has 0 aliphatic rings. The summed E-state index contributed by atoms with van der Waals surface area (Å²) in [5.41, 5.74) is 2.90. The molecule has 0 atom stereocenters. The predicted octanol–water partition coefficient (Wildman–Crippen LogP) is 2.32. The average Bonchev–Trinajstić information content (AvgIpc) is 2.77. The summed E-state index contributed by atoms with van der Waals surface area (Å²) in [6.07, 6.45) is 2.97. The lowest BCUT2D eigenvalue weighted by molar-refractivity contribution is 0.768. The van der Waals surface area contributed by atoms with Crippen LogP contribution in [0.25, 0.3) is 11.5 Å². The van der Waals surface area contributed by atoms with E-state index in [2.05, 4.69) is 27.3 Å². The number of anilines is 1. The molecule has 0 aliphatic carbocycles. The number of nitrogens with one attached hydrogen (secondary N) is 1. The van der Waals surface area contributed by atoms with Crippen molar-refractivity contribution in [2.24, 2.45) is 7.05 Å². The first-order valence-corrected chi connectivity index (χ1v) is 6.21. The van der Waals surface area contributed by atoms with Crippen LogP contribution in [0.5, 0.6) is 0 Å². The molecular formula is C13H19N5. The van der Waals surface area contributed by atoms with Gasteiger partial charge in [0.2, 0.25) is 0 Å². The Labute approximate surface area is 107 Å². The average molecular weight is 245 g/mol. The van der Waals surface area contributed by atoms with Gasteiger partial charge in [-0.2, -0.15) is 5.10 Å². The molecule has 0 aromatic carbocycles. The van der Waals surface area contributed by atoms with E-state index in [4.69, 9.17) is 0 Å². The zero-order valence-corrected chi connectivity index (χ0v) is 11.4. The highest BCUT2D eigenvalue weighted by Gasteiger charge is 2.10. The van der Waals surface area contributed by atoms with Gasteiger partial charge in [0, 0.05) is 31.0 Å². The highest BCUT2D eigenvalue weighted by Crippen LogP contribution is 2.20. The fraction of sp³-hybridized carbons (Fsp3) is 0.462. The molecule has 2 aromatic rings. The summed E-state index contributed by atoms with van der Waals surface area (Å²) in [6, 6.07) is 1.92. The Balaban J connectivity index is 2.40. The van der Waals surface area contributed by atoms with Crippen LogP contribution in [0.15, 0.2) is 12.3 Å². The zero-order valence-electron chi connectivity index (χ0n) is 11.4. The van der Waals surface area contributed by atoms with Crippen LogP contribution in [0.1, 0.15) is 24.6 Å². The smallest absolute Gasteiger partial charge is 0.182 e. The maximum atomic E-state index is 4.56. The second-order valence-corrected chi connectivity index (χ2v) is 4.41. The van der Waals surface area contributed by atoms with Gasteiger partial charge in [-0.1, -0.05) is 6.92 Å². The zero-order chi connectivity index (χ0) is 13.1. The van der Waals surface area contributed by atoms with Crippen molar-refractivity contribution in [2.75, 3.05) is 11.9 Å². The third kappa shape index (κ3) is 2.50. The molecular weight excluding hydrogens is 226 g/mol. The summed E-state index contributed by atoms with van der Waals surface area (Å²) in [5, 5.41) is 7.67. The minimum Gasteiger partial charge on any atom is -0.370 e. The van der Waals surface area contributed by atoms with Crippen molar-refractivity contribution >= 4 is 5.82 Å². The summed E-state index contributed by atoms with van der Waals surface area (Å²) >= 11 is 0. The normalized spacial score (nSPS) is 10.7. The van der Waals surface area contributed by atoms with Crippen molar-refractivity contribution in [3.05, 3.63) is 23.5 Å². The lowest BCUT2D eigenvalue weighted by atomic mass is 10.2. The Bertz CT molecular complexity index is 544. The lowest BCUT2D eigenvalue weighted by Gasteiger charge is -2.10. The van der Waals surface area contributed by atoms with Crippen LogP contribution in [0, 0.1) is 13.8 Å². The summed E-state index contributed by atoms with van der Waals surface area (Å²) < 4.78 is 1.76. The molecule has 2 aromatic heterocycles. The summed E-state index contributed by atoms with van der Waals surface area (Å²) in [5.74, 6) is 1.59. The van der Waals surface area contributed by atoms with Crippen LogP contribution in [0.4, 0.5) is 5.82 Å².